The summed E-state index contributed by atoms with van der Waals surface area (Å²) in [6.45, 7) is 0. The van der Waals surface area contributed by atoms with Gasteiger partial charge in [0.25, 0.3) is 5.56 Å². The second-order valence-electron chi connectivity index (χ2n) is 5.85. The lowest BCUT2D eigenvalue weighted by atomic mass is 10.2. The van der Waals surface area contributed by atoms with Crippen LogP contribution in [-0.2, 0) is 12.8 Å². The lowest BCUT2D eigenvalue weighted by molar-refractivity contribution is 0.476. The van der Waals surface area contributed by atoms with Gasteiger partial charge in [-0.25, -0.2) is 4.98 Å². The first kappa shape index (κ1) is 17.7. The zero-order valence-electron chi connectivity index (χ0n) is 14.2. The molecule has 4 aromatic rings. The van der Waals surface area contributed by atoms with Crippen LogP contribution in [0.15, 0.2) is 56.9 Å². The SMILES string of the molecule is Cn1c(SCc2nc3ccccc3c(=O)[nH]2)nnc1-c1cc(Br)ccc1O. The molecule has 2 heterocycles. The molecule has 0 spiro atoms. The molecule has 0 saturated carbocycles. The number of phenols is 1. The molecule has 2 aromatic heterocycles. The number of benzene rings is 2. The fraction of sp³-hybridized carbons (Fsp3) is 0.111. The summed E-state index contributed by atoms with van der Waals surface area (Å²) >= 11 is 4.80. The van der Waals surface area contributed by atoms with Crippen molar-refractivity contribution in [3.8, 4) is 17.1 Å². The molecule has 0 aliphatic rings. The van der Waals surface area contributed by atoms with Crippen LogP contribution in [0.3, 0.4) is 0 Å². The monoisotopic (exact) mass is 443 g/mol. The van der Waals surface area contributed by atoms with Gasteiger partial charge in [-0.3, -0.25) is 4.79 Å². The van der Waals surface area contributed by atoms with E-state index < -0.39 is 0 Å². The number of phenolic OH excluding ortho intramolecular Hbond substituents is 1. The maximum absolute atomic E-state index is 12.2. The Labute approximate surface area is 166 Å². The Morgan fingerprint density at radius 3 is 2.89 bits per heavy atom. The highest BCUT2D eigenvalue weighted by Gasteiger charge is 2.15. The van der Waals surface area contributed by atoms with Crippen LogP contribution in [0.25, 0.3) is 22.3 Å². The number of para-hydroxylation sites is 1. The number of H-pyrrole nitrogens is 1. The minimum atomic E-state index is -0.158. The third kappa shape index (κ3) is 3.47. The minimum absolute atomic E-state index is 0.130. The molecule has 2 N–H and O–H groups in total. The molecular formula is C18H14BrN5O2S. The van der Waals surface area contributed by atoms with Crippen LogP contribution in [0, 0.1) is 0 Å². The van der Waals surface area contributed by atoms with Gasteiger partial charge >= 0.3 is 0 Å². The van der Waals surface area contributed by atoms with Crippen molar-refractivity contribution in [1.82, 2.24) is 24.7 Å². The summed E-state index contributed by atoms with van der Waals surface area (Å²) in [7, 11) is 1.83. The normalized spacial score (nSPS) is 11.2. The number of thioether (sulfide) groups is 1. The van der Waals surface area contributed by atoms with Gasteiger partial charge in [-0.2, -0.15) is 0 Å². The molecule has 0 fully saturated rings. The molecule has 4 rings (SSSR count). The molecule has 27 heavy (non-hydrogen) atoms. The Kier molecular flexibility index (Phi) is 4.71. The number of hydrogen-bond acceptors (Lipinski definition) is 6. The van der Waals surface area contributed by atoms with Crippen molar-refractivity contribution < 1.29 is 5.11 Å². The number of aromatic amines is 1. The number of aromatic hydroxyl groups is 1. The molecule has 0 aliphatic carbocycles. The van der Waals surface area contributed by atoms with Crippen LogP contribution in [-0.4, -0.2) is 29.8 Å². The van der Waals surface area contributed by atoms with Crippen molar-refractivity contribution >= 4 is 38.6 Å². The van der Waals surface area contributed by atoms with Gasteiger partial charge < -0.3 is 14.7 Å². The largest absolute Gasteiger partial charge is 0.507 e. The lowest BCUT2D eigenvalue weighted by Crippen LogP contribution is -2.11. The Morgan fingerprint density at radius 2 is 2.04 bits per heavy atom. The summed E-state index contributed by atoms with van der Waals surface area (Å²) < 4.78 is 2.64. The number of fused-ring (bicyclic) bond motifs is 1. The van der Waals surface area contributed by atoms with Crippen molar-refractivity contribution in [2.45, 2.75) is 10.9 Å². The van der Waals surface area contributed by atoms with Crippen LogP contribution in [0.5, 0.6) is 5.75 Å². The van der Waals surface area contributed by atoms with Crippen molar-refractivity contribution in [2.24, 2.45) is 7.05 Å². The van der Waals surface area contributed by atoms with Crippen molar-refractivity contribution in [2.75, 3.05) is 0 Å². The van der Waals surface area contributed by atoms with E-state index in [1.807, 2.05) is 25.2 Å². The minimum Gasteiger partial charge on any atom is -0.507 e. The third-order valence-corrected chi connectivity index (χ3v) is 5.56. The summed E-state index contributed by atoms with van der Waals surface area (Å²) in [5.41, 5.74) is 1.09. The molecule has 7 nitrogen and oxygen atoms in total. The van der Waals surface area contributed by atoms with E-state index in [1.54, 1.807) is 28.8 Å². The van der Waals surface area contributed by atoms with Crippen LogP contribution in [0.4, 0.5) is 0 Å². The fourth-order valence-electron chi connectivity index (χ4n) is 2.70. The zero-order chi connectivity index (χ0) is 19.0. The lowest BCUT2D eigenvalue weighted by Gasteiger charge is -2.06. The van der Waals surface area contributed by atoms with Crippen molar-refractivity contribution in [1.29, 1.82) is 0 Å². The standard InChI is InChI=1S/C18H14BrN5O2S/c1-24-16(12-8-10(19)6-7-14(12)25)22-23-18(24)27-9-15-20-13-5-3-2-4-11(13)17(26)21-15/h2-8,25H,9H2,1H3,(H,20,21,26). The average molecular weight is 444 g/mol. The van der Waals surface area contributed by atoms with Crippen molar-refractivity contribution in [3.63, 3.8) is 0 Å². The van der Waals surface area contributed by atoms with Gasteiger partial charge in [0.15, 0.2) is 11.0 Å². The Hall–Kier alpha value is -2.65. The van der Waals surface area contributed by atoms with E-state index in [9.17, 15) is 9.90 Å². The zero-order valence-corrected chi connectivity index (χ0v) is 16.6. The Morgan fingerprint density at radius 1 is 1.22 bits per heavy atom. The molecule has 0 atom stereocenters. The highest BCUT2D eigenvalue weighted by atomic mass is 79.9. The maximum Gasteiger partial charge on any atom is 0.258 e. The van der Waals surface area contributed by atoms with E-state index in [1.165, 1.54) is 11.8 Å². The second-order valence-corrected chi connectivity index (χ2v) is 7.70. The first-order valence-corrected chi connectivity index (χ1v) is 9.80. The Bertz CT molecular complexity index is 1200. The van der Waals surface area contributed by atoms with Crippen LogP contribution < -0.4 is 5.56 Å². The topological polar surface area (TPSA) is 96.7 Å². The predicted octanol–water partition coefficient (Wildman–Crippen LogP) is 3.48. The predicted molar refractivity (Wildman–Crippen MR) is 108 cm³/mol. The van der Waals surface area contributed by atoms with E-state index >= 15 is 0 Å². The van der Waals surface area contributed by atoms with Crippen LogP contribution in [0.1, 0.15) is 5.82 Å². The van der Waals surface area contributed by atoms with Gasteiger partial charge in [-0.1, -0.05) is 39.8 Å². The molecule has 0 aliphatic heterocycles. The molecule has 0 amide bonds. The molecule has 0 saturated heterocycles. The van der Waals surface area contributed by atoms with E-state index in [-0.39, 0.29) is 11.3 Å². The van der Waals surface area contributed by atoms with Crippen LogP contribution in [0.2, 0.25) is 0 Å². The maximum atomic E-state index is 12.2. The molecule has 0 radical (unpaired) electrons. The van der Waals surface area contributed by atoms with Gasteiger partial charge in [0.2, 0.25) is 0 Å². The highest BCUT2D eigenvalue weighted by molar-refractivity contribution is 9.10. The molecule has 136 valence electrons. The number of hydrogen-bond donors (Lipinski definition) is 2. The van der Waals surface area contributed by atoms with Gasteiger partial charge in [0.1, 0.15) is 11.6 Å². The van der Waals surface area contributed by atoms with E-state index in [4.69, 9.17) is 0 Å². The summed E-state index contributed by atoms with van der Waals surface area (Å²) in [5, 5.41) is 19.7. The van der Waals surface area contributed by atoms with Crippen molar-refractivity contribution in [3.05, 3.63) is 63.1 Å². The van der Waals surface area contributed by atoms with Gasteiger partial charge in [0.05, 0.1) is 22.2 Å². The average Bonchev–Trinajstić information content (AvgIpc) is 3.02. The number of halogens is 1. The number of aromatic nitrogens is 5. The van der Waals surface area contributed by atoms with Crippen LogP contribution >= 0.6 is 27.7 Å². The molecule has 0 unspecified atom stereocenters. The highest BCUT2D eigenvalue weighted by Crippen LogP contribution is 2.32. The van der Waals surface area contributed by atoms with E-state index in [0.717, 1.165) is 4.47 Å². The fourth-order valence-corrected chi connectivity index (χ4v) is 3.84. The molecule has 9 heteroatoms. The number of rotatable bonds is 4. The molecule has 0 bridgehead atoms. The molecule has 2 aromatic carbocycles. The first-order chi connectivity index (χ1) is 13.0. The van der Waals surface area contributed by atoms with E-state index in [2.05, 4.69) is 36.1 Å². The Balaban J connectivity index is 1.60. The number of nitrogens with zero attached hydrogens (tertiary/aromatic N) is 4. The smallest absolute Gasteiger partial charge is 0.258 e. The second kappa shape index (κ2) is 7.16. The number of nitrogens with one attached hydrogen (secondary N) is 1. The van der Waals surface area contributed by atoms with Gasteiger partial charge in [-0.15, -0.1) is 10.2 Å². The van der Waals surface area contributed by atoms with Gasteiger partial charge in [0, 0.05) is 11.5 Å². The summed E-state index contributed by atoms with van der Waals surface area (Å²) in [4.78, 5) is 19.5. The third-order valence-electron chi connectivity index (χ3n) is 4.03. The summed E-state index contributed by atoms with van der Waals surface area (Å²) in [6.07, 6.45) is 0. The molecular weight excluding hydrogens is 430 g/mol. The first-order valence-electron chi connectivity index (χ1n) is 8.02. The van der Waals surface area contributed by atoms with E-state index in [0.29, 0.717) is 39.0 Å². The summed E-state index contributed by atoms with van der Waals surface area (Å²) in [5.74, 6) is 1.69. The van der Waals surface area contributed by atoms with Gasteiger partial charge in [-0.05, 0) is 30.3 Å². The summed E-state index contributed by atoms with van der Waals surface area (Å²) in [6, 6.07) is 12.4. The quantitative estimate of drug-likeness (QED) is 0.468.